The van der Waals surface area contributed by atoms with Gasteiger partial charge in [-0.15, -0.1) is 18.3 Å². The van der Waals surface area contributed by atoms with Crippen LogP contribution in [0.25, 0.3) is 16.9 Å². The predicted molar refractivity (Wildman–Crippen MR) is 69.5 cm³/mol. The van der Waals surface area contributed by atoms with Crippen LogP contribution in [-0.2, 0) is 0 Å². The van der Waals surface area contributed by atoms with Crippen LogP contribution < -0.4 is 10.5 Å². The van der Waals surface area contributed by atoms with Gasteiger partial charge in [-0.25, -0.2) is 4.52 Å². The monoisotopic (exact) mass is 294 g/mol. The summed E-state index contributed by atoms with van der Waals surface area (Å²) >= 11 is 0. The van der Waals surface area contributed by atoms with E-state index in [9.17, 15) is 13.2 Å². The Hall–Kier alpha value is -2.77. The number of pyridine rings is 1. The van der Waals surface area contributed by atoms with Gasteiger partial charge in [0.2, 0.25) is 5.95 Å². The van der Waals surface area contributed by atoms with Crippen molar-refractivity contribution in [1.29, 1.82) is 0 Å². The summed E-state index contributed by atoms with van der Waals surface area (Å²) in [6.07, 6.45) is -4.73. The molecule has 0 spiro atoms. The molecule has 5 nitrogen and oxygen atoms in total. The zero-order valence-electron chi connectivity index (χ0n) is 10.5. The molecule has 2 heterocycles. The summed E-state index contributed by atoms with van der Waals surface area (Å²) in [6.45, 7) is 0. The number of aromatic nitrogens is 3. The highest BCUT2D eigenvalue weighted by Crippen LogP contribution is 2.28. The molecular weight excluding hydrogens is 285 g/mol. The molecule has 3 rings (SSSR count). The molecule has 0 aliphatic heterocycles. The number of halogens is 3. The molecule has 0 saturated carbocycles. The van der Waals surface area contributed by atoms with Crippen molar-refractivity contribution >= 4 is 11.6 Å². The van der Waals surface area contributed by atoms with Gasteiger partial charge in [0.05, 0.1) is 5.69 Å². The van der Waals surface area contributed by atoms with E-state index in [1.54, 1.807) is 24.3 Å². The third kappa shape index (κ3) is 2.73. The molecule has 21 heavy (non-hydrogen) atoms. The highest BCUT2D eigenvalue weighted by atomic mass is 19.4. The fourth-order valence-corrected chi connectivity index (χ4v) is 1.99. The summed E-state index contributed by atoms with van der Waals surface area (Å²) in [5.74, 6) is -0.213. The summed E-state index contributed by atoms with van der Waals surface area (Å²) in [5.41, 5.74) is 7.11. The lowest BCUT2D eigenvalue weighted by atomic mass is 10.1. The average molecular weight is 294 g/mol. The van der Waals surface area contributed by atoms with Crippen LogP contribution in [0.4, 0.5) is 19.1 Å². The number of fused-ring (bicyclic) bond motifs is 1. The van der Waals surface area contributed by atoms with E-state index in [0.29, 0.717) is 16.9 Å². The Morgan fingerprint density at radius 3 is 2.62 bits per heavy atom. The Kier molecular flexibility index (Phi) is 2.93. The van der Waals surface area contributed by atoms with Crippen LogP contribution in [0.15, 0.2) is 42.5 Å². The summed E-state index contributed by atoms with van der Waals surface area (Å²) < 4.78 is 42.2. The van der Waals surface area contributed by atoms with E-state index in [-0.39, 0.29) is 11.7 Å². The minimum Gasteiger partial charge on any atom is -0.406 e. The molecule has 1 aromatic carbocycles. The van der Waals surface area contributed by atoms with E-state index in [1.165, 1.54) is 22.7 Å². The van der Waals surface area contributed by atoms with Crippen molar-refractivity contribution in [2.75, 3.05) is 5.73 Å². The molecule has 2 aromatic heterocycles. The lowest BCUT2D eigenvalue weighted by Gasteiger charge is -2.10. The Morgan fingerprint density at radius 2 is 1.86 bits per heavy atom. The van der Waals surface area contributed by atoms with E-state index >= 15 is 0 Å². The van der Waals surface area contributed by atoms with E-state index in [2.05, 4.69) is 14.8 Å². The number of hydrogen-bond acceptors (Lipinski definition) is 4. The van der Waals surface area contributed by atoms with Crippen LogP contribution in [0.1, 0.15) is 0 Å². The molecule has 0 unspecified atom stereocenters. The van der Waals surface area contributed by atoms with Crippen LogP contribution in [-0.4, -0.2) is 21.0 Å². The van der Waals surface area contributed by atoms with E-state index in [1.807, 2.05) is 0 Å². The first kappa shape index (κ1) is 13.2. The maximum absolute atomic E-state index is 12.3. The summed E-state index contributed by atoms with van der Waals surface area (Å²) in [6, 6.07) is 10.7. The Morgan fingerprint density at radius 1 is 1.10 bits per heavy atom. The second kappa shape index (κ2) is 4.65. The number of alkyl halides is 3. The number of benzene rings is 1. The van der Waals surface area contributed by atoms with Crippen molar-refractivity contribution in [3.63, 3.8) is 0 Å². The lowest BCUT2D eigenvalue weighted by molar-refractivity contribution is -0.274. The summed E-state index contributed by atoms with van der Waals surface area (Å²) in [7, 11) is 0. The number of nitrogen functional groups attached to an aromatic ring is 1. The van der Waals surface area contributed by atoms with Gasteiger partial charge < -0.3 is 10.5 Å². The SMILES string of the molecule is Nc1nc2cccc(-c3cccc(OC(F)(F)F)c3)n2n1. The van der Waals surface area contributed by atoms with E-state index < -0.39 is 6.36 Å². The Labute approximate surface area is 116 Å². The van der Waals surface area contributed by atoms with Crippen molar-refractivity contribution in [2.45, 2.75) is 6.36 Å². The van der Waals surface area contributed by atoms with Crippen molar-refractivity contribution in [2.24, 2.45) is 0 Å². The second-order valence-electron chi connectivity index (χ2n) is 4.23. The van der Waals surface area contributed by atoms with Crippen LogP contribution in [0.2, 0.25) is 0 Å². The van der Waals surface area contributed by atoms with Crippen molar-refractivity contribution in [3.8, 4) is 17.0 Å². The molecule has 0 bridgehead atoms. The molecule has 0 atom stereocenters. The first-order valence-corrected chi connectivity index (χ1v) is 5.90. The maximum Gasteiger partial charge on any atom is 0.573 e. The van der Waals surface area contributed by atoms with Gasteiger partial charge in [-0.05, 0) is 24.3 Å². The normalized spacial score (nSPS) is 11.8. The smallest absolute Gasteiger partial charge is 0.406 e. The summed E-state index contributed by atoms with van der Waals surface area (Å²) in [5, 5.41) is 4.01. The number of anilines is 1. The molecular formula is C13H9F3N4O. The molecule has 0 fully saturated rings. The standard InChI is InChI=1S/C13H9F3N4O/c14-13(15,16)21-9-4-1-3-8(7-9)10-5-2-6-11-18-12(17)19-20(10)11/h1-7H,(H2,17,19). The molecule has 0 aliphatic rings. The number of nitrogens with zero attached hydrogens (tertiary/aromatic N) is 3. The number of ether oxygens (including phenoxy) is 1. The average Bonchev–Trinajstić information content (AvgIpc) is 2.76. The molecule has 0 radical (unpaired) electrons. The van der Waals surface area contributed by atoms with Crippen molar-refractivity contribution in [1.82, 2.24) is 14.6 Å². The third-order valence-electron chi connectivity index (χ3n) is 2.74. The molecule has 2 N–H and O–H groups in total. The first-order chi connectivity index (χ1) is 9.92. The molecule has 108 valence electrons. The largest absolute Gasteiger partial charge is 0.573 e. The lowest BCUT2D eigenvalue weighted by Crippen LogP contribution is -2.17. The Bertz CT molecular complexity index is 797. The third-order valence-corrected chi connectivity index (χ3v) is 2.74. The Balaban J connectivity index is 2.08. The number of hydrogen-bond donors (Lipinski definition) is 1. The highest BCUT2D eigenvalue weighted by molar-refractivity contribution is 5.65. The van der Waals surface area contributed by atoms with Gasteiger partial charge in [0.1, 0.15) is 5.75 Å². The topological polar surface area (TPSA) is 65.4 Å². The molecule has 3 aromatic rings. The first-order valence-electron chi connectivity index (χ1n) is 5.90. The van der Waals surface area contributed by atoms with Crippen LogP contribution in [0, 0.1) is 0 Å². The molecule has 0 aliphatic carbocycles. The van der Waals surface area contributed by atoms with Gasteiger partial charge in [0.25, 0.3) is 0 Å². The highest BCUT2D eigenvalue weighted by Gasteiger charge is 2.31. The second-order valence-corrected chi connectivity index (χ2v) is 4.23. The number of nitrogens with two attached hydrogens (primary N) is 1. The maximum atomic E-state index is 12.3. The summed E-state index contributed by atoms with van der Waals surface area (Å²) in [4.78, 5) is 4.00. The predicted octanol–water partition coefficient (Wildman–Crippen LogP) is 2.88. The quantitative estimate of drug-likeness (QED) is 0.789. The van der Waals surface area contributed by atoms with Crippen molar-refractivity contribution < 1.29 is 17.9 Å². The minimum absolute atomic E-state index is 0.0881. The molecule has 8 heteroatoms. The van der Waals surface area contributed by atoms with Gasteiger partial charge in [-0.3, -0.25) is 0 Å². The van der Waals surface area contributed by atoms with Crippen molar-refractivity contribution in [3.05, 3.63) is 42.5 Å². The van der Waals surface area contributed by atoms with Gasteiger partial charge in [0.15, 0.2) is 5.65 Å². The van der Waals surface area contributed by atoms with E-state index in [0.717, 1.165) is 0 Å². The number of rotatable bonds is 2. The van der Waals surface area contributed by atoms with E-state index in [4.69, 9.17) is 5.73 Å². The molecule has 0 saturated heterocycles. The van der Waals surface area contributed by atoms with Crippen LogP contribution in [0.5, 0.6) is 5.75 Å². The zero-order valence-corrected chi connectivity index (χ0v) is 10.5. The fraction of sp³-hybridized carbons (Fsp3) is 0.0769. The van der Waals surface area contributed by atoms with Gasteiger partial charge in [-0.2, -0.15) is 4.98 Å². The van der Waals surface area contributed by atoms with Gasteiger partial charge in [-0.1, -0.05) is 18.2 Å². The van der Waals surface area contributed by atoms with Crippen LogP contribution in [0.3, 0.4) is 0 Å². The van der Waals surface area contributed by atoms with Crippen LogP contribution >= 0.6 is 0 Å². The molecule has 0 amide bonds. The fourth-order valence-electron chi connectivity index (χ4n) is 1.99. The zero-order chi connectivity index (χ0) is 15.0. The van der Waals surface area contributed by atoms with Gasteiger partial charge in [0, 0.05) is 5.56 Å². The minimum atomic E-state index is -4.73. The van der Waals surface area contributed by atoms with Gasteiger partial charge >= 0.3 is 6.36 Å².